The molecule has 1 aromatic carbocycles. The van der Waals surface area contributed by atoms with Gasteiger partial charge in [0.2, 0.25) is 5.91 Å². The summed E-state index contributed by atoms with van der Waals surface area (Å²) >= 11 is 3.30. The molecule has 0 atom stereocenters. The number of hydrogen-bond acceptors (Lipinski definition) is 2. The number of amides is 1. The quantitative estimate of drug-likeness (QED) is 0.826. The summed E-state index contributed by atoms with van der Waals surface area (Å²) in [7, 11) is 0. The average Bonchev–Trinajstić information content (AvgIpc) is 2.25. The van der Waals surface area contributed by atoms with Crippen molar-refractivity contribution in [1.82, 2.24) is 5.32 Å². The molecule has 0 aliphatic rings. The molecule has 1 rings (SSSR count). The highest BCUT2D eigenvalue weighted by Crippen LogP contribution is 2.11. The Balaban J connectivity index is 2.50. The Morgan fingerprint density at radius 2 is 1.94 bits per heavy atom. The van der Waals surface area contributed by atoms with Crippen LogP contribution in [0.15, 0.2) is 34.8 Å². The number of halogens is 1. The van der Waals surface area contributed by atoms with Crippen molar-refractivity contribution in [3.63, 3.8) is 0 Å². The molecule has 0 radical (unpaired) electrons. The van der Waals surface area contributed by atoms with E-state index in [1.807, 2.05) is 24.3 Å². The van der Waals surface area contributed by atoms with Crippen molar-refractivity contribution < 1.29 is 14.7 Å². The van der Waals surface area contributed by atoms with Crippen LogP contribution in [0.3, 0.4) is 0 Å². The predicted octanol–water partition coefficient (Wildman–Crippen LogP) is 1.66. The normalized spacial score (nSPS) is 10.3. The number of carbonyl (C=O) groups excluding carboxylic acids is 1. The molecule has 0 aliphatic carbocycles. The lowest BCUT2D eigenvalue weighted by Crippen LogP contribution is -2.27. The summed E-state index contributed by atoms with van der Waals surface area (Å²) in [6.07, 6.45) is 2.91. The third-order valence-corrected chi connectivity index (χ3v) is 2.24. The van der Waals surface area contributed by atoms with E-state index in [0.29, 0.717) is 0 Å². The van der Waals surface area contributed by atoms with Gasteiger partial charge in [0.05, 0.1) is 0 Å². The summed E-state index contributed by atoms with van der Waals surface area (Å²) in [5.41, 5.74) is 0.869. The van der Waals surface area contributed by atoms with Crippen molar-refractivity contribution >= 4 is 33.9 Å². The van der Waals surface area contributed by atoms with Crippen LogP contribution in [0, 0.1) is 0 Å². The number of aliphatic carboxylic acids is 1. The standard InChI is InChI=1S/C11H10BrNO3/c12-9-4-1-8(2-5-9)3-6-10(14)13-7-11(15)16/h1-6H,7H2,(H,13,14)(H,15,16)/b6-3+. The molecule has 16 heavy (non-hydrogen) atoms. The van der Waals surface area contributed by atoms with Gasteiger partial charge in [0.15, 0.2) is 0 Å². The van der Waals surface area contributed by atoms with Gasteiger partial charge in [-0.15, -0.1) is 0 Å². The maximum Gasteiger partial charge on any atom is 0.322 e. The molecule has 0 saturated heterocycles. The second-order valence-corrected chi connectivity index (χ2v) is 3.91. The van der Waals surface area contributed by atoms with Crippen LogP contribution in [0.1, 0.15) is 5.56 Å². The largest absolute Gasteiger partial charge is 0.480 e. The SMILES string of the molecule is O=C(O)CNC(=O)/C=C/c1ccc(Br)cc1. The smallest absolute Gasteiger partial charge is 0.322 e. The summed E-state index contributed by atoms with van der Waals surface area (Å²) in [6.45, 7) is -0.372. The molecule has 84 valence electrons. The van der Waals surface area contributed by atoms with Crippen LogP contribution in [0.5, 0.6) is 0 Å². The minimum atomic E-state index is -1.06. The fourth-order valence-corrected chi connectivity index (χ4v) is 1.23. The van der Waals surface area contributed by atoms with E-state index in [0.717, 1.165) is 10.0 Å². The second-order valence-electron chi connectivity index (χ2n) is 3.00. The Morgan fingerprint density at radius 1 is 1.31 bits per heavy atom. The zero-order valence-electron chi connectivity index (χ0n) is 8.31. The molecule has 0 spiro atoms. The van der Waals surface area contributed by atoms with Gasteiger partial charge in [-0.3, -0.25) is 9.59 Å². The molecule has 0 saturated carbocycles. The highest BCUT2D eigenvalue weighted by atomic mass is 79.9. The third kappa shape index (κ3) is 4.75. The van der Waals surface area contributed by atoms with Gasteiger partial charge >= 0.3 is 5.97 Å². The van der Waals surface area contributed by atoms with Gasteiger partial charge in [0.1, 0.15) is 6.54 Å². The molecule has 2 N–H and O–H groups in total. The van der Waals surface area contributed by atoms with E-state index in [4.69, 9.17) is 5.11 Å². The molecule has 1 amide bonds. The number of carboxylic acid groups (broad SMARTS) is 1. The lowest BCUT2D eigenvalue weighted by atomic mass is 10.2. The van der Waals surface area contributed by atoms with Crippen molar-refractivity contribution in [1.29, 1.82) is 0 Å². The number of carbonyl (C=O) groups is 2. The molecule has 5 heteroatoms. The fourth-order valence-electron chi connectivity index (χ4n) is 0.967. The molecule has 0 aliphatic heterocycles. The summed E-state index contributed by atoms with van der Waals surface area (Å²) in [5, 5.41) is 10.6. The minimum absolute atomic E-state index is 0.372. The van der Waals surface area contributed by atoms with Gasteiger partial charge in [-0.05, 0) is 23.8 Å². The average molecular weight is 284 g/mol. The van der Waals surface area contributed by atoms with Gasteiger partial charge in [-0.1, -0.05) is 28.1 Å². The summed E-state index contributed by atoms with van der Waals surface area (Å²) in [5.74, 6) is -1.49. The van der Waals surface area contributed by atoms with Crippen LogP contribution in [0.25, 0.3) is 6.08 Å². The lowest BCUT2D eigenvalue weighted by Gasteiger charge is -1.96. The van der Waals surface area contributed by atoms with Gasteiger partial charge in [-0.25, -0.2) is 0 Å². The Bertz CT molecular complexity index is 412. The Kier molecular flexibility index (Phi) is 4.72. The first-order valence-corrected chi connectivity index (χ1v) is 5.30. The maximum atomic E-state index is 11.1. The summed E-state index contributed by atoms with van der Waals surface area (Å²) in [4.78, 5) is 21.3. The maximum absolute atomic E-state index is 11.1. The van der Waals surface area contributed by atoms with Crippen LogP contribution >= 0.6 is 15.9 Å². The van der Waals surface area contributed by atoms with Gasteiger partial charge in [0.25, 0.3) is 0 Å². The fraction of sp³-hybridized carbons (Fsp3) is 0.0909. The molecule has 0 aromatic heterocycles. The van der Waals surface area contributed by atoms with Crippen molar-refractivity contribution in [3.05, 3.63) is 40.4 Å². The third-order valence-electron chi connectivity index (χ3n) is 1.71. The number of nitrogens with one attached hydrogen (secondary N) is 1. The van der Waals surface area contributed by atoms with Crippen LogP contribution in [0.4, 0.5) is 0 Å². The van der Waals surface area contributed by atoms with Gasteiger partial charge in [0, 0.05) is 10.5 Å². The van der Waals surface area contributed by atoms with E-state index < -0.39 is 11.9 Å². The number of rotatable bonds is 4. The topological polar surface area (TPSA) is 66.4 Å². The van der Waals surface area contributed by atoms with Crippen molar-refractivity contribution in [3.8, 4) is 0 Å². The Morgan fingerprint density at radius 3 is 2.50 bits per heavy atom. The summed E-state index contributed by atoms with van der Waals surface area (Å²) in [6, 6.07) is 7.39. The summed E-state index contributed by atoms with van der Waals surface area (Å²) < 4.78 is 0.958. The first kappa shape index (κ1) is 12.4. The van der Waals surface area contributed by atoms with Crippen molar-refractivity contribution in [2.75, 3.05) is 6.54 Å². The monoisotopic (exact) mass is 283 g/mol. The second kappa shape index (κ2) is 6.07. The minimum Gasteiger partial charge on any atom is -0.480 e. The molecule has 0 fully saturated rings. The zero-order valence-corrected chi connectivity index (χ0v) is 9.90. The molecule has 1 aromatic rings. The predicted molar refractivity (Wildman–Crippen MR) is 63.8 cm³/mol. The molecule has 4 nitrogen and oxygen atoms in total. The number of benzene rings is 1. The van der Waals surface area contributed by atoms with Crippen LogP contribution in [-0.4, -0.2) is 23.5 Å². The number of carboxylic acids is 1. The van der Waals surface area contributed by atoms with E-state index in [-0.39, 0.29) is 6.54 Å². The van der Waals surface area contributed by atoms with E-state index >= 15 is 0 Å². The van der Waals surface area contributed by atoms with E-state index in [2.05, 4.69) is 21.2 Å². The highest BCUT2D eigenvalue weighted by molar-refractivity contribution is 9.10. The van der Waals surface area contributed by atoms with Crippen molar-refractivity contribution in [2.45, 2.75) is 0 Å². The van der Waals surface area contributed by atoms with Crippen LogP contribution in [-0.2, 0) is 9.59 Å². The Hall–Kier alpha value is -1.62. The molecular formula is C11H10BrNO3. The van der Waals surface area contributed by atoms with E-state index in [9.17, 15) is 9.59 Å². The van der Waals surface area contributed by atoms with Crippen molar-refractivity contribution in [2.24, 2.45) is 0 Å². The molecule has 0 bridgehead atoms. The van der Waals surface area contributed by atoms with E-state index in [1.165, 1.54) is 6.08 Å². The van der Waals surface area contributed by atoms with Gasteiger partial charge in [-0.2, -0.15) is 0 Å². The molecular weight excluding hydrogens is 274 g/mol. The van der Waals surface area contributed by atoms with Crippen LogP contribution < -0.4 is 5.32 Å². The molecule has 0 heterocycles. The Labute approximate surface area is 101 Å². The first-order valence-electron chi connectivity index (χ1n) is 4.51. The molecule has 0 unspecified atom stereocenters. The van der Waals surface area contributed by atoms with E-state index in [1.54, 1.807) is 6.08 Å². The first-order chi connectivity index (χ1) is 7.58. The highest BCUT2D eigenvalue weighted by Gasteiger charge is 1.98. The van der Waals surface area contributed by atoms with Crippen LogP contribution in [0.2, 0.25) is 0 Å². The zero-order chi connectivity index (χ0) is 12.0. The number of hydrogen-bond donors (Lipinski definition) is 2. The lowest BCUT2D eigenvalue weighted by molar-refractivity contribution is -0.137. The van der Waals surface area contributed by atoms with Gasteiger partial charge < -0.3 is 10.4 Å².